The quantitative estimate of drug-likeness (QED) is 0.856. The smallest absolute Gasteiger partial charge is 0.422 e. The lowest BCUT2D eigenvalue weighted by Crippen LogP contribution is -2.43. The van der Waals surface area contributed by atoms with Gasteiger partial charge in [-0.3, -0.25) is 0 Å². The molecule has 1 aromatic rings. The van der Waals surface area contributed by atoms with E-state index in [0.29, 0.717) is 18.7 Å². The molecule has 9 heteroatoms. The van der Waals surface area contributed by atoms with Gasteiger partial charge >= 0.3 is 6.18 Å². The summed E-state index contributed by atoms with van der Waals surface area (Å²) in [4.78, 5) is 0. The molecular formula is C14H19F3N2O3S. The van der Waals surface area contributed by atoms with Crippen LogP contribution in [-0.4, -0.2) is 38.6 Å². The normalized spacial score (nSPS) is 17.2. The monoisotopic (exact) mass is 352 g/mol. The average Bonchev–Trinajstić information content (AvgIpc) is 2.52. The van der Waals surface area contributed by atoms with Gasteiger partial charge in [-0.2, -0.15) is 30.6 Å². The predicted molar refractivity (Wildman–Crippen MR) is 79.2 cm³/mol. The summed E-state index contributed by atoms with van der Waals surface area (Å²) in [6.07, 6.45) is -1.65. The maximum Gasteiger partial charge on any atom is 0.422 e. The van der Waals surface area contributed by atoms with Gasteiger partial charge in [0.05, 0.1) is 0 Å². The maximum absolute atomic E-state index is 12.1. The lowest BCUT2D eigenvalue weighted by molar-refractivity contribution is -0.153. The van der Waals surface area contributed by atoms with Gasteiger partial charge in [-0.15, -0.1) is 0 Å². The second-order valence-electron chi connectivity index (χ2n) is 5.33. The van der Waals surface area contributed by atoms with Crippen LogP contribution in [0.15, 0.2) is 24.3 Å². The van der Waals surface area contributed by atoms with Crippen LogP contribution in [0.25, 0.3) is 0 Å². The number of halogens is 3. The second-order valence-corrected chi connectivity index (χ2v) is 7.09. The van der Waals surface area contributed by atoms with Gasteiger partial charge in [0.15, 0.2) is 6.61 Å². The third-order valence-electron chi connectivity index (χ3n) is 3.44. The minimum absolute atomic E-state index is 0.0817. The molecule has 23 heavy (non-hydrogen) atoms. The van der Waals surface area contributed by atoms with Crippen molar-refractivity contribution in [1.82, 2.24) is 9.03 Å². The summed E-state index contributed by atoms with van der Waals surface area (Å²) >= 11 is 0. The van der Waals surface area contributed by atoms with Gasteiger partial charge in [-0.1, -0.05) is 18.6 Å². The molecule has 0 spiro atoms. The molecule has 0 radical (unpaired) electrons. The lowest BCUT2D eigenvalue weighted by atomic mass is 10.2. The van der Waals surface area contributed by atoms with Gasteiger partial charge in [-0.05, 0) is 30.5 Å². The Balaban J connectivity index is 1.86. The van der Waals surface area contributed by atoms with E-state index in [2.05, 4.69) is 9.46 Å². The van der Waals surface area contributed by atoms with Gasteiger partial charge < -0.3 is 4.74 Å². The Hall–Kier alpha value is -1.32. The number of hydrogen-bond donors (Lipinski definition) is 1. The van der Waals surface area contributed by atoms with Crippen LogP contribution in [0, 0.1) is 0 Å². The van der Waals surface area contributed by atoms with E-state index in [1.807, 2.05) is 0 Å². The number of piperidine rings is 1. The number of rotatable bonds is 6. The van der Waals surface area contributed by atoms with E-state index in [9.17, 15) is 21.6 Å². The minimum Gasteiger partial charge on any atom is -0.484 e. The number of nitrogens with zero attached hydrogens (tertiary/aromatic N) is 1. The van der Waals surface area contributed by atoms with Crippen LogP contribution < -0.4 is 9.46 Å². The van der Waals surface area contributed by atoms with E-state index < -0.39 is 23.0 Å². The summed E-state index contributed by atoms with van der Waals surface area (Å²) in [7, 11) is -3.52. The van der Waals surface area contributed by atoms with Crippen molar-refractivity contribution >= 4 is 10.2 Å². The number of nitrogens with one attached hydrogen (secondary N) is 1. The molecule has 0 atom stereocenters. The molecule has 1 N–H and O–H groups in total. The van der Waals surface area contributed by atoms with Crippen molar-refractivity contribution in [2.24, 2.45) is 0 Å². The summed E-state index contributed by atoms with van der Waals surface area (Å²) in [5, 5.41) is 0. The van der Waals surface area contributed by atoms with Crippen LogP contribution in [-0.2, 0) is 16.8 Å². The van der Waals surface area contributed by atoms with Crippen molar-refractivity contribution in [3.8, 4) is 5.75 Å². The third kappa shape index (κ3) is 6.00. The molecule has 0 bridgehead atoms. The standard InChI is InChI=1S/C14H19F3N2O3S/c15-14(16,17)11-22-13-6-4-12(5-7-13)10-18-23(20,21)19-8-2-1-3-9-19/h4-7,18H,1-3,8-11H2. The molecule has 1 aromatic carbocycles. The Labute approximate surface area is 133 Å². The molecule has 1 heterocycles. The highest BCUT2D eigenvalue weighted by Crippen LogP contribution is 2.19. The van der Waals surface area contributed by atoms with Gasteiger partial charge in [-0.25, -0.2) is 0 Å². The highest BCUT2D eigenvalue weighted by molar-refractivity contribution is 7.87. The fourth-order valence-electron chi connectivity index (χ4n) is 2.24. The first-order valence-corrected chi connectivity index (χ1v) is 8.73. The molecule has 0 aliphatic carbocycles. The SMILES string of the molecule is O=S(=O)(NCc1ccc(OCC(F)(F)F)cc1)N1CCCCC1. The largest absolute Gasteiger partial charge is 0.484 e. The molecule has 1 aliphatic rings. The third-order valence-corrected chi connectivity index (χ3v) is 4.99. The molecular weight excluding hydrogens is 333 g/mol. The van der Waals surface area contributed by atoms with E-state index in [1.54, 1.807) is 0 Å². The van der Waals surface area contributed by atoms with E-state index in [-0.39, 0.29) is 12.3 Å². The Morgan fingerprint density at radius 2 is 1.70 bits per heavy atom. The number of ether oxygens (including phenoxy) is 1. The molecule has 1 aliphatic heterocycles. The molecule has 0 aromatic heterocycles. The molecule has 0 unspecified atom stereocenters. The topological polar surface area (TPSA) is 58.6 Å². The average molecular weight is 352 g/mol. The number of alkyl halides is 3. The predicted octanol–water partition coefficient (Wildman–Crippen LogP) is 2.45. The fourth-order valence-corrected chi connectivity index (χ4v) is 3.51. The zero-order valence-electron chi connectivity index (χ0n) is 12.5. The first-order chi connectivity index (χ1) is 10.8. The molecule has 2 rings (SSSR count). The van der Waals surface area contributed by atoms with E-state index in [4.69, 9.17) is 0 Å². The molecule has 5 nitrogen and oxygen atoms in total. The molecule has 0 amide bonds. The highest BCUT2D eigenvalue weighted by atomic mass is 32.2. The van der Waals surface area contributed by atoms with Crippen molar-refractivity contribution < 1.29 is 26.3 Å². The van der Waals surface area contributed by atoms with Crippen molar-refractivity contribution in [1.29, 1.82) is 0 Å². The summed E-state index contributed by atoms with van der Waals surface area (Å²) in [6, 6.07) is 5.83. The Morgan fingerprint density at radius 3 is 2.26 bits per heavy atom. The van der Waals surface area contributed by atoms with Crippen molar-refractivity contribution in [3.05, 3.63) is 29.8 Å². The van der Waals surface area contributed by atoms with E-state index in [1.165, 1.54) is 28.6 Å². The Morgan fingerprint density at radius 1 is 1.09 bits per heavy atom. The van der Waals surface area contributed by atoms with Crippen molar-refractivity contribution in [3.63, 3.8) is 0 Å². The highest BCUT2D eigenvalue weighted by Gasteiger charge is 2.28. The Bertz CT molecular complexity index is 597. The van der Waals surface area contributed by atoms with Crippen LogP contribution in [0.3, 0.4) is 0 Å². The number of benzene rings is 1. The van der Waals surface area contributed by atoms with Gasteiger partial charge in [0.25, 0.3) is 10.2 Å². The molecule has 0 saturated carbocycles. The zero-order chi connectivity index (χ0) is 16.9. The van der Waals surface area contributed by atoms with Crippen LogP contribution in [0.2, 0.25) is 0 Å². The van der Waals surface area contributed by atoms with Gasteiger partial charge in [0.2, 0.25) is 0 Å². The minimum atomic E-state index is -4.39. The fraction of sp³-hybridized carbons (Fsp3) is 0.571. The number of hydrogen-bond acceptors (Lipinski definition) is 3. The van der Waals surface area contributed by atoms with Crippen LogP contribution >= 0.6 is 0 Å². The van der Waals surface area contributed by atoms with Crippen LogP contribution in [0.5, 0.6) is 5.75 Å². The van der Waals surface area contributed by atoms with E-state index >= 15 is 0 Å². The molecule has 1 fully saturated rings. The van der Waals surface area contributed by atoms with Crippen molar-refractivity contribution in [2.45, 2.75) is 32.0 Å². The summed E-state index contributed by atoms with van der Waals surface area (Å²) in [5.41, 5.74) is 0.643. The summed E-state index contributed by atoms with van der Waals surface area (Å²) in [6.45, 7) is -0.245. The summed E-state index contributed by atoms with van der Waals surface area (Å²) < 4.78 is 68.8. The zero-order valence-corrected chi connectivity index (χ0v) is 13.3. The van der Waals surface area contributed by atoms with Gasteiger partial charge in [0.1, 0.15) is 5.75 Å². The maximum atomic E-state index is 12.1. The van der Waals surface area contributed by atoms with Gasteiger partial charge in [0, 0.05) is 19.6 Å². The first-order valence-electron chi connectivity index (χ1n) is 7.29. The van der Waals surface area contributed by atoms with Crippen LogP contribution in [0.4, 0.5) is 13.2 Å². The Kier molecular flexibility index (Phi) is 5.88. The lowest BCUT2D eigenvalue weighted by Gasteiger charge is -2.25. The summed E-state index contributed by atoms with van der Waals surface area (Å²) in [5.74, 6) is 0.0879. The second kappa shape index (κ2) is 7.50. The van der Waals surface area contributed by atoms with Crippen molar-refractivity contribution in [2.75, 3.05) is 19.7 Å². The molecule has 1 saturated heterocycles. The van der Waals surface area contributed by atoms with E-state index in [0.717, 1.165) is 19.3 Å². The first kappa shape index (κ1) is 18.0. The molecule has 130 valence electrons. The van der Waals surface area contributed by atoms with Crippen LogP contribution in [0.1, 0.15) is 24.8 Å².